The number of pyridine rings is 1. The van der Waals surface area contributed by atoms with Crippen molar-refractivity contribution in [1.82, 2.24) is 4.98 Å². The summed E-state index contributed by atoms with van der Waals surface area (Å²) in [4.78, 5) is 4.10. The van der Waals surface area contributed by atoms with Gasteiger partial charge in [-0.1, -0.05) is 20.8 Å². The quantitative estimate of drug-likeness (QED) is 0.669. The monoisotopic (exact) mass is 369 g/mol. The van der Waals surface area contributed by atoms with E-state index in [9.17, 15) is 8.78 Å². The molecule has 0 aliphatic carbocycles. The molecule has 0 radical (unpaired) electrons. The molecule has 2 heterocycles. The standard InChI is InChI=1S/C19H30BF2NO3/c1-12(2)10-13(3)11-24-14-8-9-15(23-16(14)17(21)22)20-25-18(4,5)19(6,7)26-20/h8-9,12-13,17H,10-11H2,1-7H3. The first-order valence-electron chi connectivity index (χ1n) is 9.20. The van der Waals surface area contributed by atoms with Crippen LogP contribution < -0.4 is 10.3 Å². The lowest BCUT2D eigenvalue weighted by Gasteiger charge is -2.32. The largest absolute Gasteiger partial charge is 0.514 e. The van der Waals surface area contributed by atoms with Gasteiger partial charge >= 0.3 is 7.12 Å². The van der Waals surface area contributed by atoms with E-state index in [0.717, 1.165) is 6.42 Å². The van der Waals surface area contributed by atoms with E-state index in [0.29, 0.717) is 18.1 Å². The van der Waals surface area contributed by atoms with E-state index in [1.807, 2.05) is 34.6 Å². The minimum Gasteiger partial charge on any atom is -0.491 e. The maximum Gasteiger partial charge on any atom is 0.514 e. The number of aromatic nitrogens is 1. The van der Waals surface area contributed by atoms with Gasteiger partial charge in [0.05, 0.1) is 23.4 Å². The molecule has 4 nitrogen and oxygen atoms in total. The summed E-state index contributed by atoms with van der Waals surface area (Å²) >= 11 is 0. The summed E-state index contributed by atoms with van der Waals surface area (Å²) in [6.45, 7) is 14.3. The van der Waals surface area contributed by atoms with Gasteiger partial charge in [0.2, 0.25) is 0 Å². The average molecular weight is 369 g/mol. The van der Waals surface area contributed by atoms with E-state index in [1.54, 1.807) is 6.07 Å². The van der Waals surface area contributed by atoms with Gasteiger partial charge < -0.3 is 14.0 Å². The molecule has 0 saturated carbocycles. The zero-order valence-corrected chi connectivity index (χ0v) is 16.8. The van der Waals surface area contributed by atoms with E-state index in [-0.39, 0.29) is 17.4 Å². The molecule has 1 aliphatic heterocycles. The summed E-state index contributed by atoms with van der Waals surface area (Å²) in [6.07, 6.45) is -1.75. The van der Waals surface area contributed by atoms with Crippen LogP contribution in [0.25, 0.3) is 0 Å². The first-order chi connectivity index (χ1) is 11.9. The number of halogens is 2. The van der Waals surface area contributed by atoms with Crippen LogP contribution in [0.1, 0.15) is 67.0 Å². The highest BCUT2D eigenvalue weighted by molar-refractivity contribution is 6.61. The SMILES string of the molecule is CC(C)CC(C)COc1ccc(B2OC(C)(C)C(C)(C)O2)nc1C(F)F. The Kier molecular flexibility index (Phi) is 6.34. The van der Waals surface area contributed by atoms with Crippen LogP contribution in [0, 0.1) is 11.8 Å². The summed E-state index contributed by atoms with van der Waals surface area (Å²) in [6, 6.07) is 3.17. The fourth-order valence-corrected chi connectivity index (χ4v) is 2.96. The molecule has 146 valence electrons. The highest BCUT2D eigenvalue weighted by atomic mass is 19.3. The number of hydrogen-bond acceptors (Lipinski definition) is 4. The van der Waals surface area contributed by atoms with Crippen molar-refractivity contribution in [3.63, 3.8) is 0 Å². The lowest BCUT2D eigenvalue weighted by atomic mass is 9.84. The summed E-state index contributed by atoms with van der Waals surface area (Å²) in [5, 5.41) is 0. The summed E-state index contributed by atoms with van der Waals surface area (Å²) < 4.78 is 44.4. The molecular formula is C19H30BF2NO3. The first-order valence-corrected chi connectivity index (χ1v) is 9.20. The maximum absolute atomic E-state index is 13.5. The van der Waals surface area contributed by atoms with Crippen LogP contribution in [-0.4, -0.2) is 29.9 Å². The predicted octanol–water partition coefficient (Wildman–Crippen LogP) is 4.38. The number of rotatable bonds is 7. The molecule has 0 amide bonds. The van der Waals surface area contributed by atoms with Crippen LogP contribution in [-0.2, 0) is 9.31 Å². The second-order valence-electron chi connectivity index (χ2n) is 8.55. The highest BCUT2D eigenvalue weighted by Crippen LogP contribution is 2.36. The zero-order valence-electron chi connectivity index (χ0n) is 16.8. The number of hydrogen-bond donors (Lipinski definition) is 0. The van der Waals surface area contributed by atoms with Crippen molar-refractivity contribution in [1.29, 1.82) is 0 Å². The van der Waals surface area contributed by atoms with Crippen molar-refractivity contribution in [3.8, 4) is 5.75 Å². The van der Waals surface area contributed by atoms with Crippen LogP contribution in [0.15, 0.2) is 12.1 Å². The van der Waals surface area contributed by atoms with Crippen molar-refractivity contribution >= 4 is 12.7 Å². The third-order valence-corrected chi connectivity index (χ3v) is 5.01. The maximum atomic E-state index is 13.5. The van der Waals surface area contributed by atoms with Crippen LogP contribution in [0.5, 0.6) is 5.75 Å². The van der Waals surface area contributed by atoms with Gasteiger partial charge in [-0.3, -0.25) is 4.98 Å². The van der Waals surface area contributed by atoms with Crippen molar-refractivity contribution < 1.29 is 22.8 Å². The van der Waals surface area contributed by atoms with Crippen molar-refractivity contribution in [2.24, 2.45) is 11.8 Å². The van der Waals surface area contributed by atoms with Gasteiger partial charge in [0.1, 0.15) is 11.4 Å². The van der Waals surface area contributed by atoms with Gasteiger partial charge in [0, 0.05) is 0 Å². The van der Waals surface area contributed by atoms with Crippen LogP contribution in [0.4, 0.5) is 8.78 Å². The molecule has 1 saturated heterocycles. The van der Waals surface area contributed by atoms with E-state index in [4.69, 9.17) is 14.0 Å². The average Bonchev–Trinajstić information content (AvgIpc) is 2.72. The Labute approximate surface area is 155 Å². The number of alkyl halides is 2. The summed E-state index contributed by atoms with van der Waals surface area (Å²) in [5.41, 5.74) is -1.13. The van der Waals surface area contributed by atoms with Crippen LogP contribution in [0.3, 0.4) is 0 Å². The third kappa shape index (κ3) is 4.74. The van der Waals surface area contributed by atoms with Crippen molar-refractivity contribution in [2.75, 3.05) is 6.61 Å². The minimum atomic E-state index is -2.73. The fourth-order valence-electron chi connectivity index (χ4n) is 2.96. The van der Waals surface area contributed by atoms with Gasteiger partial charge in [-0.05, 0) is 58.1 Å². The second kappa shape index (κ2) is 7.81. The molecule has 1 aromatic rings. The van der Waals surface area contributed by atoms with Gasteiger partial charge in [-0.2, -0.15) is 0 Å². The van der Waals surface area contributed by atoms with E-state index in [2.05, 4.69) is 18.8 Å². The topological polar surface area (TPSA) is 40.6 Å². The zero-order chi connectivity index (χ0) is 19.7. The first kappa shape index (κ1) is 21.1. The third-order valence-electron chi connectivity index (χ3n) is 5.01. The second-order valence-corrected chi connectivity index (χ2v) is 8.55. The number of ether oxygens (including phenoxy) is 1. The molecule has 1 unspecified atom stereocenters. The molecule has 1 aliphatic rings. The Morgan fingerprint density at radius 2 is 1.65 bits per heavy atom. The smallest absolute Gasteiger partial charge is 0.491 e. The Bertz CT molecular complexity index is 607. The van der Waals surface area contributed by atoms with Gasteiger partial charge in [0.25, 0.3) is 6.43 Å². The van der Waals surface area contributed by atoms with Crippen LogP contribution in [0.2, 0.25) is 0 Å². The van der Waals surface area contributed by atoms with Crippen molar-refractivity contribution in [3.05, 3.63) is 17.8 Å². The number of nitrogens with zero attached hydrogens (tertiary/aromatic N) is 1. The Balaban J connectivity index is 2.16. The fraction of sp³-hybridized carbons (Fsp3) is 0.737. The Morgan fingerprint density at radius 3 is 2.15 bits per heavy atom. The molecule has 0 spiro atoms. The van der Waals surface area contributed by atoms with E-state index < -0.39 is 24.7 Å². The molecule has 0 N–H and O–H groups in total. The van der Waals surface area contributed by atoms with Crippen LogP contribution >= 0.6 is 0 Å². The Morgan fingerprint density at radius 1 is 1.08 bits per heavy atom. The van der Waals surface area contributed by atoms with Gasteiger partial charge in [0.15, 0.2) is 0 Å². The molecule has 26 heavy (non-hydrogen) atoms. The molecule has 0 aromatic carbocycles. The molecule has 1 aromatic heterocycles. The van der Waals surface area contributed by atoms with Crippen molar-refractivity contribution in [2.45, 2.75) is 72.5 Å². The van der Waals surface area contributed by atoms with Gasteiger partial charge in [-0.25, -0.2) is 8.78 Å². The van der Waals surface area contributed by atoms with E-state index >= 15 is 0 Å². The summed E-state index contributed by atoms with van der Waals surface area (Å²) in [5.74, 6) is 0.936. The normalized spacial score (nSPS) is 20.0. The van der Waals surface area contributed by atoms with Gasteiger partial charge in [-0.15, -0.1) is 0 Å². The predicted molar refractivity (Wildman–Crippen MR) is 99.0 cm³/mol. The Hall–Kier alpha value is -1.21. The molecule has 0 bridgehead atoms. The molecule has 1 atom stereocenters. The molecule has 2 rings (SSSR count). The minimum absolute atomic E-state index is 0.121. The lowest BCUT2D eigenvalue weighted by molar-refractivity contribution is 0.00578. The highest BCUT2D eigenvalue weighted by Gasteiger charge is 2.52. The lowest BCUT2D eigenvalue weighted by Crippen LogP contribution is -2.41. The van der Waals surface area contributed by atoms with E-state index in [1.165, 1.54) is 6.07 Å². The molecule has 1 fully saturated rings. The summed E-state index contributed by atoms with van der Waals surface area (Å²) in [7, 11) is -0.772. The molecular weight excluding hydrogens is 339 g/mol. The molecule has 7 heteroatoms.